The minimum atomic E-state index is -0.153. The fourth-order valence-corrected chi connectivity index (χ4v) is 4.25. The highest BCUT2D eigenvalue weighted by Crippen LogP contribution is 2.43. The minimum absolute atomic E-state index is 0. The molecule has 1 aliphatic carbocycles. The van der Waals surface area contributed by atoms with Gasteiger partial charge in [0.15, 0.2) is 0 Å². The number of hydrogen-bond acceptors (Lipinski definition) is 3. The summed E-state index contributed by atoms with van der Waals surface area (Å²) in [5.74, 6) is 0.779. The predicted molar refractivity (Wildman–Crippen MR) is 107 cm³/mol. The molecule has 1 aliphatic heterocycles. The van der Waals surface area contributed by atoms with Gasteiger partial charge in [0.25, 0.3) is 0 Å². The van der Waals surface area contributed by atoms with Gasteiger partial charge in [-0.1, -0.05) is 37.1 Å². The Morgan fingerprint density at radius 2 is 2.04 bits per heavy atom. The van der Waals surface area contributed by atoms with Gasteiger partial charge in [0, 0.05) is 19.6 Å². The van der Waals surface area contributed by atoms with E-state index in [1.807, 2.05) is 0 Å². The number of benzene rings is 1. The van der Waals surface area contributed by atoms with E-state index in [9.17, 15) is 4.79 Å². The fourth-order valence-electron chi connectivity index (χ4n) is 4.25. The molecule has 4 nitrogen and oxygen atoms in total. The molecular weight excluding hydrogens is 357 g/mol. The van der Waals surface area contributed by atoms with Gasteiger partial charge in [0.05, 0.1) is 5.41 Å². The lowest BCUT2D eigenvalue weighted by Gasteiger charge is -2.37. The number of halogens is 2. The van der Waals surface area contributed by atoms with Crippen molar-refractivity contribution in [2.24, 2.45) is 11.3 Å². The topological polar surface area (TPSA) is 44.4 Å². The number of amides is 1. The lowest BCUT2D eigenvalue weighted by Crippen LogP contribution is -2.47. The number of carbonyl (C=O) groups excluding carboxylic acids is 1. The number of nitrogens with one attached hydrogen (secondary N) is 2. The second-order valence-corrected chi connectivity index (χ2v) is 7.47. The number of hydrogen-bond donors (Lipinski definition) is 2. The molecule has 0 radical (unpaired) electrons. The molecule has 2 atom stereocenters. The van der Waals surface area contributed by atoms with E-state index in [-0.39, 0.29) is 36.1 Å². The van der Waals surface area contributed by atoms with Crippen molar-refractivity contribution in [3.63, 3.8) is 0 Å². The van der Waals surface area contributed by atoms with E-state index in [4.69, 9.17) is 0 Å². The summed E-state index contributed by atoms with van der Waals surface area (Å²) in [6.07, 6.45) is 4.69. The molecule has 2 fully saturated rings. The molecule has 142 valence electrons. The van der Waals surface area contributed by atoms with Crippen LogP contribution in [-0.2, 0) is 17.9 Å². The van der Waals surface area contributed by atoms with Gasteiger partial charge in [0.2, 0.25) is 5.91 Å². The molecule has 1 aromatic rings. The van der Waals surface area contributed by atoms with Gasteiger partial charge in [0.1, 0.15) is 0 Å². The summed E-state index contributed by atoms with van der Waals surface area (Å²) in [6, 6.07) is 8.52. The van der Waals surface area contributed by atoms with Crippen molar-refractivity contribution in [2.75, 3.05) is 27.2 Å². The second kappa shape index (κ2) is 9.77. The van der Waals surface area contributed by atoms with Crippen LogP contribution < -0.4 is 10.6 Å². The van der Waals surface area contributed by atoms with Crippen molar-refractivity contribution in [1.29, 1.82) is 0 Å². The van der Waals surface area contributed by atoms with Gasteiger partial charge in [-0.25, -0.2) is 0 Å². The molecule has 0 bridgehead atoms. The first-order valence-electron chi connectivity index (χ1n) is 8.82. The molecule has 1 aromatic carbocycles. The van der Waals surface area contributed by atoms with Gasteiger partial charge in [-0.2, -0.15) is 0 Å². The Morgan fingerprint density at radius 1 is 1.28 bits per heavy atom. The third-order valence-electron chi connectivity index (χ3n) is 5.43. The van der Waals surface area contributed by atoms with Crippen LogP contribution in [-0.4, -0.2) is 38.0 Å². The zero-order valence-electron chi connectivity index (χ0n) is 15.2. The number of fused-ring (bicyclic) bond motifs is 1. The summed E-state index contributed by atoms with van der Waals surface area (Å²) in [5.41, 5.74) is 2.32. The normalized spacial score (nSPS) is 24.8. The summed E-state index contributed by atoms with van der Waals surface area (Å²) in [4.78, 5) is 15.0. The van der Waals surface area contributed by atoms with E-state index in [0.29, 0.717) is 12.5 Å². The summed E-state index contributed by atoms with van der Waals surface area (Å²) in [6.45, 7) is 3.42. The molecule has 1 saturated heterocycles. The van der Waals surface area contributed by atoms with Crippen molar-refractivity contribution in [3.8, 4) is 0 Å². The van der Waals surface area contributed by atoms with Crippen LogP contribution in [0.25, 0.3) is 0 Å². The van der Waals surface area contributed by atoms with Gasteiger partial charge in [-0.3, -0.25) is 4.79 Å². The summed E-state index contributed by atoms with van der Waals surface area (Å²) in [7, 11) is 4.15. The van der Waals surface area contributed by atoms with Crippen LogP contribution in [0.2, 0.25) is 0 Å². The van der Waals surface area contributed by atoms with Gasteiger partial charge in [-0.05, 0) is 50.5 Å². The largest absolute Gasteiger partial charge is 0.351 e. The number of carbonyl (C=O) groups is 1. The van der Waals surface area contributed by atoms with Crippen molar-refractivity contribution >= 4 is 30.7 Å². The molecule has 3 rings (SSSR count). The lowest BCUT2D eigenvalue weighted by atomic mass is 9.67. The molecule has 25 heavy (non-hydrogen) atoms. The number of rotatable bonds is 5. The maximum absolute atomic E-state index is 12.9. The van der Waals surface area contributed by atoms with Crippen molar-refractivity contribution in [1.82, 2.24) is 15.5 Å². The molecule has 1 saturated carbocycles. The van der Waals surface area contributed by atoms with Crippen molar-refractivity contribution < 1.29 is 4.79 Å². The maximum atomic E-state index is 12.9. The molecule has 1 amide bonds. The molecule has 2 aliphatic rings. The van der Waals surface area contributed by atoms with E-state index in [1.54, 1.807) is 0 Å². The highest BCUT2D eigenvalue weighted by Gasteiger charge is 2.49. The molecule has 6 heteroatoms. The van der Waals surface area contributed by atoms with E-state index >= 15 is 0 Å². The zero-order chi connectivity index (χ0) is 16.3. The summed E-state index contributed by atoms with van der Waals surface area (Å²) >= 11 is 0. The SMILES string of the molecule is CN(C)Cc1cccc(CNC(=O)[C@@]23CCCC[C@H]2CNC3)c1.Cl.Cl. The van der Waals surface area contributed by atoms with Crippen LogP contribution in [0.1, 0.15) is 36.8 Å². The molecule has 0 spiro atoms. The Balaban J connectivity index is 0.00000156. The van der Waals surface area contributed by atoms with Crippen LogP contribution in [0.5, 0.6) is 0 Å². The average molecular weight is 388 g/mol. The maximum Gasteiger partial charge on any atom is 0.228 e. The Kier molecular flexibility index (Phi) is 8.69. The van der Waals surface area contributed by atoms with Gasteiger partial charge < -0.3 is 15.5 Å². The van der Waals surface area contributed by atoms with Crippen LogP contribution >= 0.6 is 24.8 Å². The lowest BCUT2D eigenvalue weighted by molar-refractivity contribution is -0.134. The minimum Gasteiger partial charge on any atom is -0.351 e. The van der Waals surface area contributed by atoms with Crippen LogP contribution in [0.3, 0.4) is 0 Å². The molecule has 1 heterocycles. The summed E-state index contributed by atoms with van der Waals surface area (Å²) < 4.78 is 0. The van der Waals surface area contributed by atoms with Crippen molar-refractivity contribution in [2.45, 2.75) is 38.8 Å². The van der Waals surface area contributed by atoms with E-state index in [0.717, 1.165) is 26.1 Å². The van der Waals surface area contributed by atoms with E-state index in [1.165, 1.54) is 30.4 Å². The standard InChI is InChI=1S/C19H29N3O.2ClH/c1-22(2)13-16-7-5-6-15(10-16)11-21-18(23)19-9-4-3-8-17(19)12-20-14-19;;/h5-7,10,17,20H,3-4,8-9,11-14H2,1-2H3,(H,21,23);2*1H/t17-,19+;;/m0../s1. The van der Waals surface area contributed by atoms with E-state index in [2.05, 4.69) is 53.9 Å². The molecule has 2 N–H and O–H groups in total. The third kappa shape index (κ3) is 5.10. The first kappa shape index (κ1) is 22.2. The van der Waals surface area contributed by atoms with Crippen LogP contribution in [0.4, 0.5) is 0 Å². The van der Waals surface area contributed by atoms with Crippen LogP contribution in [0.15, 0.2) is 24.3 Å². The average Bonchev–Trinajstić information content (AvgIpc) is 2.97. The molecule has 0 aromatic heterocycles. The Labute approximate surface area is 163 Å². The second-order valence-electron chi connectivity index (χ2n) is 7.47. The highest BCUT2D eigenvalue weighted by atomic mass is 35.5. The fraction of sp³-hybridized carbons (Fsp3) is 0.632. The molecule has 0 unspecified atom stereocenters. The molecular formula is C19H31Cl2N3O. The smallest absolute Gasteiger partial charge is 0.228 e. The zero-order valence-corrected chi connectivity index (χ0v) is 16.8. The Hall–Kier alpha value is -0.810. The first-order chi connectivity index (χ1) is 11.1. The van der Waals surface area contributed by atoms with Gasteiger partial charge >= 0.3 is 0 Å². The van der Waals surface area contributed by atoms with Crippen molar-refractivity contribution in [3.05, 3.63) is 35.4 Å². The number of nitrogens with zero attached hydrogens (tertiary/aromatic N) is 1. The first-order valence-corrected chi connectivity index (χ1v) is 8.82. The third-order valence-corrected chi connectivity index (χ3v) is 5.43. The Morgan fingerprint density at radius 3 is 2.80 bits per heavy atom. The van der Waals surface area contributed by atoms with Gasteiger partial charge in [-0.15, -0.1) is 24.8 Å². The van der Waals surface area contributed by atoms with E-state index < -0.39 is 0 Å². The Bertz CT molecular complexity index is 567. The predicted octanol–water partition coefficient (Wildman–Crippen LogP) is 2.99. The quantitative estimate of drug-likeness (QED) is 0.815. The van der Waals surface area contributed by atoms with Crippen LogP contribution in [0, 0.1) is 11.3 Å². The monoisotopic (exact) mass is 387 g/mol. The summed E-state index contributed by atoms with van der Waals surface area (Å²) in [5, 5.41) is 6.67. The highest BCUT2D eigenvalue weighted by molar-refractivity contribution is 5.85.